The number of carbonyl (C=O) groups excluding carboxylic acids is 1. The van der Waals surface area contributed by atoms with Gasteiger partial charge in [-0.25, -0.2) is 0 Å². The van der Waals surface area contributed by atoms with Crippen molar-refractivity contribution < 1.29 is 14.3 Å². The number of fused-ring (bicyclic) bond motifs is 1. The molecule has 34 heavy (non-hydrogen) atoms. The molecule has 0 heterocycles. The largest absolute Gasteiger partial charge is 0.494 e. The molecule has 172 valence electrons. The highest BCUT2D eigenvalue weighted by molar-refractivity contribution is 6.17. The van der Waals surface area contributed by atoms with Gasteiger partial charge in [-0.15, -0.1) is 0 Å². The van der Waals surface area contributed by atoms with Crippen LogP contribution < -0.4 is 9.47 Å². The van der Waals surface area contributed by atoms with Gasteiger partial charge in [-0.2, -0.15) is 0 Å². The van der Waals surface area contributed by atoms with Gasteiger partial charge >= 0.3 is 0 Å². The molecule has 0 bridgehead atoms. The maximum absolute atomic E-state index is 13.7. The normalized spacial score (nSPS) is 14.1. The molecular weight excluding hydrogens is 420 g/mol. The van der Waals surface area contributed by atoms with Crippen LogP contribution in [0, 0.1) is 0 Å². The van der Waals surface area contributed by atoms with Crippen LogP contribution in [0.4, 0.5) is 0 Å². The maximum atomic E-state index is 13.7. The first-order valence-electron chi connectivity index (χ1n) is 12.3. The van der Waals surface area contributed by atoms with Gasteiger partial charge in [0.05, 0.1) is 12.7 Å². The topological polar surface area (TPSA) is 35.5 Å². The Morgan fingerprint density at radius 3 is 2.29 bits per heavy atom. The molecule has 0 saturated heterocycles. The fourth-order valence-electron chi connectivity index (χ4n) is 4.89. The van der Waals surface area contributed by atoms with Crippen LogP contribution in [-0.2, 0) is 0 Å². The van der Waals surface area contributed by atoms with Gasteiger partial charge in [-0.1, -0.05) is 48.9 Å². The summed E-state index contributed by atoms with van der Waals surface area (Å²) in [4.78, 5) is 13.7. The SMILES string of the molecule is CCOc1ccc2c(-c3ccccc3)c(C(=O)c3ccc(OC4CCCCC4)cc3)ccc2c1. The van der Waals surface area contributed by atoms with Crippen molar-refractivity contribution in [2.24, 2.45) is 0 Å². The van der Waals surface area contributed by atoms with Gasteiger partial charge in [0, 0.05) is 16.7 Å². The van der Waals surface area contributed by atoms with Crippen LogP contribution in [0.1, 0.15) is 54.9 Å². The number of hydrogen-bond acceptors (Lipinski definition) is 3. The Morgan fingerprint density at radius 1 is 0.824 bits per heavy atom. The Hall–Kier alpha value is -3.59. The number of rotatable bonds is 7. The van der Waals surface area contributed by atoms with Crippen LogP contribution in [0.15, 0.2) is 84.9 Å². The van der Waals surface area contributed by atoms with Crippen molar-refractivity contribution in [2.45, 2.75) is 45.1 Å². The van der Waals surface area contributed by atoms with Crippen LogP contribution in [-0.4, -0.2) is 18.5 Å². The van der Waals surface area contributed by atoms with Gasteiger partial charge in [-0.05, 0) is 91.4 Å². The third-order valence-electron chi connectivity index (χ3n) is 6.58. The fraction of sp³-hybridized carbons (Fsp3) is 0.258. The van der Waals surface area contributed by atoms with Crippen LogP contribution >= 0.6 is 0 Å². The van der Waals surface area contributed by atoms with E-state index in [0.717, 1.165) is 46.2 Å². The molecule has 3 heteroatoms. The summed E-state index contributed by atoms with van der Waals surface area (Å²) in [5.41, 5.74) is 3.34. The van der Waals surface area contributed by atoms with Crippen molar-refractivity contribution in [1.82, 2.24) is 0 Å². The zero-order chi connectivity index (χ0) is 23.3. The number of benzene rings is 4. The average Bonchev–Trinajstić information content (AvgIpc) is 2.89. The molecule has 4 aromatic carbocycles. The van der Waals surface area contributed by atoms with Gasteiger partial charge in [-0.3, -0.25) is 4.79 Å². The van der Waals surface area contributed by atoms with E-state index in [0.29, 0.717) is 23.8 Å². The number of hydrogen-bond donors (Lipinski definition) is 0. The van der Waals surface area contributed by atoms with E-state index in [9.17, 15) is 4.79 Å². The highest BCUT2D eigenvalue weighted by Gasteiger charge is 2.19. The Morgan fingerprint density at radius 2 is 1.56 bits per heavy atom. The summed E-state index contributed by atoms with van der Waals surface area (Å²) in [6.45, 7) is 2.60. The molecule has 0 spiro atoms. The summed E-state index contributed by atoms with van der Waals surface area (Å²) < 4.78 is 11.8. The Kier molecular flexibility index (Phi) is 6.62. The third kappa shape index (κ3) is 4.70. The zero-order valence-corrected chi connectivity index (χ0v) is 19.6. The smallest absolute Gasteiger partial charge is 0.193 e. The quantitative estimate of drug-likeness (QED) is 0.269. The second-order valence-corrected chi connectivity index (χ2v) is 8.90. The van der Waals surface area contributed by atoms with Crippen LogP contribution in [0.2, 0.25) is 0 Å². The Balaban J connectivity index is 1.51. The minimum absolute atomic E-state index is 0.0128. The summed E-state index contributed by atoms with van der Waals surface area (Å²) in [6, 6.07) is 27.8. The van der Waals surface area contributed by atoms with Gasteiger partial charge in [0.2, 0.25) is 0 Å². The predicted octanol–water partition coefficient (Wildman–Crippen LogP) is 7.85. The third-order valence-corrected chi connectivity index (χ3v) is 6.58. The summed E-state index contributed by atoms with van der Waals surface area (Å²) in [7, 11) is 0. The highest BCUT2D eigenvalue weighted by atomic mass is 16.5. The molecule has 1 saturated carbocycles. The molecular formula is C31H30O3. The molecule has 1 aliphatic carbocycles. The van der Waals surface area contributed by atoms with Crippen LogP contribution in [0.25, 0.3) is 21.9 Å². The van der Waals surface area contributed by atoms with Crippen molar-refractivity contribution in [3.63, 3.8) is 0 Å². The molecule has 1 aliphatic rings. The average molecular weight is 451 g/mol. The molecule has 0 atom stereocenters. The summed E-state index contributed by atoms with van der Waals surface area (Å²) in [5, 5.41) is 2.09. The van der Waals surface area contributed by atoms with Crippen molar-refractivity contribution in [2.75, 3.05) is 6.61 Å². The predicted molar refractivity (Wildman–Crippen MR) is 138 cm³/mol. The minimum atomic E-state index is 0.0128. The van der Waals surface area contributed by atoms with Crippen LogP contribution in [0.5, 0.6) is 11.5 Å². The van der Waals surface area contributed by atoms with Crippen molar-refractivity contribution in [1.29, 1.82) is 0 Å². The molecule has 0 radical (unpaired) electrons. The Labute approximate surface area is 201 Å². The van der Waals surface area contributed by atoms with E-state index in [4.69, 9.17) is 9.47 Å². The molecule has 0 aromatic heterocycles. The van der Waals surface area contributed by atoms with E-state index in [1.807, 2.05) is 73.7 Å². The first-order chi connectivity index (χ1) is 16.7. The summed E-state index contributed by atoms with van der Waals surface area (Å²) in [5.74, 6) is 1.69. The van der Waals surface area contributed by atoms with Crippen molar-refractivity contribution >= 4 is 16.6 Å². The highest BCUT2D eigenvalue weighted by Crippen LogP contribution is 2.35. The molecule has 3 nitrogen and oxygen atoms in total. The molecule has 0 aliphatic heterocycles. The van der Waals surface area contributed by atoms with Gasteiger partial charge in [0.15, 0.2) is 5.78 Å². The number of ether oxygens (including phenoxy) is 2. The van der Waals surface area contributed by atoms with E-state index in [2.05, 4.69) is 18.2 Å². The van der Waals surface area contributed by atoms with E-state index in [-0.39, 0.29) is 5.78 Å². The zero-order valence-electron chi connectivity index (χ0n) is 19.6. The van der Waals surface area contributed by atoms with E-state index in [1.54, 1.807) is 0 Å². The summed E-state index contributed by atoms with van der Waals surface area (Å²) >= 11 is 0. The lowest BCUT2D eigenvalue weighted by Gasteiger charge is -2.23. The molecule has 4 aromatic rings. The molecule has 0 N–H and O–H groups in total. The van der Waals surface area contributed by atoms with E-state index >= 15 is 0 Å². The Bertz CT molecular complexity index is 1270. The summed E-state index contributed by atoms with van der Waals surface area (Å²) in [6.07, 6.45) is 6.29. The van der Waals surface area contributed by atoms with Gasteiger partial charge in [0.25, 0.3) is 0 Å². The van der Waals surface area contributed by atoms with Crippen LogP contribution in [0.3, 0.4) is 0 Å². The first-order valence-corrected chi connectivity index (χ1v) is 12.3. The minimum Gasteiger partial charge on any atom is -0.494 e. The molecule has 1 fully saturated rings. The molecule has 5 rings (SSSR count). The number of ketones is 1. The van der Waals surface area contributed by atoms with Gasteiger partial charge < -0.3 is 9.47 Å². The lowest BCUT2D eigenvalue weighted by molar-refractivity contribution is 0.103. The van der Waals surface area contributed by atoms with E-state index in [1.165, 1.54) is 19.3 Å². The second kappa shape index (κ2) is 10.1. The molecule has 0 amide bonds. The van der Waals surface area contributed by atoms with Crippen molar-refractivity contribution in [3.8, 4) is 22.6 Å². The lowest BCUT2D eigenvalue weighted by Crippen LogP contribution is -2.19. The van der Waals surface area contributed by atoms with E-state index < -0.39 is 0 Å². The second-order valence-electron chi connectivity index (χ2n) is 8.90. The monoisotopic (exact) mass is 450 g/mol. The number of carbonyl (C=O) groups is 1. The molecule has 0 unspecified atom stereocenters. The first kappa shape index (κ1) is 22.2. The maximum Gasteiger partial charge on any atom is 0.193 e. The lowest BCUT2D eigenvalue weighted by atomic mass is 9.89. The van der Waals surface area contributed by atoms with Gasteiger partial charge in [0.1, 0.15) is 11.5 Å². The standard InChI is InChI=1S/C31H30O3/c1-2-33-27-18-20-28-24(21-27)15-19-29(30(28)22-9-5-3-6-10-22)31(32)23-13-16-26(17-14-23)34-25-11-7-4-8-12-25/h3,5-6,9-10,13-21,25H,2,4,7-8,11-12H2,1H3. The van der Waals surface area contributed by atoms with Crippen molar-refractivity contribution in [3.05, 3.63) is 96.1 Å². The fourth-order valence-corrected chi connectivity index (χ4v) is 4.89.